The van der Waals surface area contributed by atoms with Gasteiger partial charge in [-0.05, 0) is 29.8 Å². The third kappa shape index (κ3) is 4.18. The summed E-state index contributed by atoms with van der Waals surface area (Å²) in [5.74, 6) is -0.0928. The van der Waals surface area contributed by atoms with Crippen LogP contribution in [-0.2, 0) is 16.0 Å². The summed E-state index contributed by atoms with van der Waals surface area (Å²) < 4.78 is 0. The molecule has 2 aromatic rings. The summed E-state index contributed by atoms with van der Waals surface area (Å²) in [5, 5.41) is 2.84. The summed E-state index contributed by atoms with van der Waals surface area (Å²) in [5.41, 5.74) is 2.49. The van der Waals surface area contributed by atoms with Gasteiger partial charge in [0.25, 0.3) is 0 Å². The average Bonchev–Trinajstić information content (AvgIpc) is 2.48. The van der Waals surface area contributed by atoms with Gasteiger partial charge in [0.05, 0.1) is 6.42 Å². The average molecular weight is 282 g/mol. The molecule has 0 heterocycles. The van der Waals surface area contributed by atoms with Crippen LogP contribution in [0.4, 0.5) is 11.4 Å². The number of rotatable bonds is 4. The summed E-state index contributed by atoms with van der Waals surface area (Å²) in [7, 11) is 1.71. The Bertz CT molecular complexity index is 621. The fourth-order valence-electron chi connectivity index (χ4n) is 1.94. The van der Waals surface area contributed by atoms with Crippen LogP contribution >= 0.6 is 0 Å². The zero-order valence-corrected chi connectivity index (χ0v) is 12.2. The van der Waals surface area contributed by atoms with E-state index in [0.717, 1.165) is 16.9 Å². The summed E-state index contributed by atoms with van der Waals surface area (Å²) in [4.78, 5) is 24.8. The number of nitrogens with zero attached hydrogens (tertiary/aromatic N) is 1. The van der Waals surface area contributed by atoms with E-state index in [0.29, 0.717) is 6.42 Å². The Kier molecular flexibility index (Phi) is 4.72. The Labute approximate surface area is 124 Å². The molecule has 108 valence electrons. The van der Waals surface area contributed by atoms with Crippen LogP contribution in [0.5, 0.6) is 0 Å². The Hall–Kier alpha value is -2.62. The summed E-state index contributed by atoms with van der Waals surface area (Å²) in [6.45, 7) is 1.51. The van der Waals surface area contributed by atoms with Crippen molar-refractivity contribution in [3.05, 3.63) is 60.2 Å². The van der Waals surface area contributed by atoms with Crippen LogP contribution in [0.15, 0.2) is 54.6 Å². The van der Waals surface area contributed by atoms with Crippen LogP contribution in [0.2, 0.25) is 0 Å². The van der Waals surface area contributed by atoms with Crippen molar-refractivity contribution < 1.29 is 9.59 Å². The Morgan fingerprint density at radius 3 is 2.19 bits per heavy atom. The van der Waals surface area contributed by atoms with Crippen molar-refractivity contribution in [2.75, 3.05) is 17.3 Å². The first-order valence-electron chi connectivity index (χ1n) is 6.74. The lowest BCUT2D eigenvalue weighted by atomic mass is 10.1. The highest BCUT2D eigenvalue weighted by Crippen LogP contribution is 2.17. The fourth-order valence-corrected chi connectivity index (χ4v) is 1.94. The Balaban J connectivity index is 1.97. The molecule has 2 rings (SSSR count). The largest absolute Gasteiger partial charge is 0.326 e. The molecule has 21 heavy (non-hydrogen) atoms. The van der Waals surface area contributed by atoms with E-state index in [-0.39, 0.29) is 11.8 Å². The maximum absolute atomic E-state index is 11.9. The van der Waals surface area contributed by atoms with Crippen LogP contribution in [-0.4, -0.2) is 18.9 Å². The van der Waals surface area contributed by atoms with Crippen LogP contribution < -0.4 is 10.2 Å². The number of hydrogen-bond acceptors (Lipinski definition) is 2. The molecule has 0 saturated heterocycles. The second-order valence-corrected chi connectivity index (χ2v) is 4.84. The van der Waals surface area contributed by atoms with Crippen molar-refractivity contribution in [2.45, 2.75) is 13.3 Å². The van der Waals surface area contributed by atoms with E-state index in [2.05, 4.69) is 5.32 Å². The smallest absolute Gasteiger partial charge is 0.228 e. The maximum atomic E-state index is 11.9. The van der Waals surface area contributed by atoms with Gasteiger partial charge in [0, 0.05) is 25.3 Å². The minimum Gasteiger partial charge on any atom is -0.326 e. The van der Waals surface area contributed by atoms with Gasteiger partial charge < -0.3 is 10.2 Å². The van der Waals surface area contributed by atoms with Crippen molar-refractivity contribution in [1.29, 1.82) is 0 Å². The molecule has 0 spiro atoms. The molecule has 0 unspecified atom stereocenters. The molecule has 0 atom stereocenters. The molecular formula is C17H18N2O2. The molecule has 0 bridgehead atoms. The van der Waals surface area contributed by atoms with Crippen molar-refractivity contribution in [3.63, 3.8) is 0 Å². The van der Waals surface area contributed by atoms with Crippen molar-refractivity contribution in [3.8, 4) is 0 Å². The van der Waals surface area contributed by atoms with Crippen LogP contribution in [0, 0.1) is 0 Å². The van der Waals surface area contributed by atoms with Crippen molar-refractivity contribution in [2.24, 2.45) is 0 Å². The number of amides is 2. The van der Waals surface area contributed by atoms with Gasteiger partial charge in [0.2, 0.25) is 11.8 Å². The third-order valence-corrected chi connectivity index (χ3v) is 3.22. The van der Waals surface area contributed by atoms with Crippen LogP contribution in [0.25, 0.3) is 0 Å². The van der Waals surface area contributed by atoms with E-state index in [1.807, 2.05) is 30.3 Å². The number of anilines is 2. The lowest BCUT2D eigenvalue weighted by Crippen LogP contribution is -2.22. The van der Waals surface area contributed by atoms with Gasteiger partial charge in [-0.3, -0.25) is 9.59 Å². The van der Waals surface area contributed by atoms with Gasteiger partial charge in [-0.15, -0.1) is 0 Å². The van der Waals surface area contributed by atoms with E-state index in [1.54, 1.807) is 36.2 Å². The number of nitrogens with one attached hydrogen (secondary N) is 1. The fraction of sp³-hybridized carbons (Fsp3) is 0.176. The summed E-state index contributed by atoms with van der Waals surface area (Å²) in [6.07, 6.45) is 0.343. The second-order valence-electron chi connectivity index (χ2n) is 4.84. The molecule has 0 saturated carbocycles. The van der Waals surface area contributed by atoms with Crippen molar-refractivity contribution in [1.82, 2.24) is 0 Å². The molecular weight excluding hydrogens is 264 g/mol. The molecule has 1 N–H and O–H groups in total. The van der Waals surface area contributed by atoms with Gasteiger partial charge in [-0.2, -0.15) is 0 Å². The number of hydrogen-bond donors (Lipinski definition) is 1. The van der Waals surface area contributed by atoms with Gasteiger partial charge in [-0.1, -0.05) is 30.3 Å². The lowest BCUT2D eigenvalue weighted by molar-refractivity contribution is -0.116. The number of benzene rings is 2. The number of carbonyl (C=O) groups excluding carboxylic acids is 2. The second kappa shape index (κ2) is 6.70. The molecule has 0 aliphatic rings. The summed E-state index contributed by atoms with van der Waals surface area (Å²) in [6, 6.07) is 16.8. The predicted molar refractivity (Wildman–Crippen MR) is 84.3 cm³/mol. The molecule has 0 aliphatic heterocycles. The molecule has 0 aromatic heterocycles. The first kappa shape index (κ1) is 14.8. The molecule has 4 heteroatoms. The highest BCUT2D eigenvalue weighted by atomic mass is 16.2. The number of carbonyl (C=O) groups is 2. The molecule has 0 radical (unpaired) electrons. The summed E-state index contributed by atoms with van der Waals surface area (Å²) >= 11 is 0. The van der Waals surface area contributed by atoms with Crippen LogP contribution in [0.3, 0.4) is 0 Å². The predicted octanol–water partition coefficient (Wildman–Crippen LogP) is 2.85. The van der Waals surface area contributed by atoms with E-state index in [4.69, 9.17) is 0 Å². The molecule has 0 fully saturated rings. The topological polar surface area (TPSA) is 49.4 Å². The van der Waals surface area contributed by atoms with E-state index in [1.165, 1.54) is 6.92 Å². The Morgan fingerprint density at radius 2 is 1.62 bits per heavy atom. The first-order valence-corrected chi connectivity index (χ1v) is 6.74. The highest BCUT2D eigenvalue weighted by Gasteiger charge is 2.07. The monoisotopic (exact) mass is 282 g/mol. The SMILES string of the molecule is CC(=O)N(C)c1ccc(NC(=O)Cc2ccccc2)cc1. The van der Waals surface area contributed by atoms with E-state index in [9.17, 15) is 9.59 Å². The van der Waals surface area contributed by atoms with Gasteiger partial charge in [0.1, 0.15) is 0 Å². The van der Waals surface area contributed by atoms with Gasteiger partial charge in [0.15, 0.2) is 0 Å². The highest BCUT2D eigenvalue weighted by molar-refractivity contribution is 5.93. The minimum absolute atomic E-state index is 0.0316. The third-order valence-electron chi connectivity index (χ3n) is 3.22. The Morgan fingerprint density at radius 1 is 1.00 bits per heavy atom. The molecule has 2 aromatic carbocycles. The van der Waals surface area contributed by atoms with Crippen molar-refractivity contribution >= 4 is 23.2 Å². The lowest BCUT2D eigenvalue weighted by Gasteiger charge is -2.15. The van der Waals surface area contributed by atoms with E-state index < -0.39 is 0 Å². The zero-order valence-electron chi connectivity index (χ0n) is 12.2. The normalized spacial score (nSPS) is 10.0. The maximum Gasteiger partial charge on any atom is 0.228 e. The quantitative estimate of drug-likeness (QED) is 0.937. The van der Waals surface area contributed by atoms with Crippen LogP contribution in [0.1, 0.15) is 12.5 Å². The van der Waals surface area contributed by atoms with Gasteiger partial charge in [-0.25, -0.2) is 0 Å². The van der Waals surface area contributed by atoms with E-state index >= 15 is 0 Å². The minimum atomic E-state index is -0.0612. The molecule has 4 nitrogen and oxygen atoms in total. The first-order chi connectivity index (χ1) is 10.1. The molecule has 2 amide bonds. The van der Waals surface area contributed by atoms with Gasteiger partial charge >= 0.3 is 0 Å². The molecule has 0 aliphatic carbocycles. The standard InChI is InChI=1S/C17H18N2O2/c1-13(20)19(2)16-10-8-15(9-11-16)18-17(21)12-14-6-4-3-5-7-14/h3-11H,12H2,1-2H3,(H,18,21). The zero-order chi connectivity index (χ0) is 15.2.